The van der Waals surface area contributed by atoms with Gasteiger partial charge in [0.2, 0.25) is 0 Å². The molecule has 0 atom stereocenters. The molecule has 0 saturated carbocycles. The van der Waals surface area contributed by atoms with Gasteiger partial charge in [-0.1, -0.05) is 0 Å². The molecule has 1 amide bonds. The molecule has 6 nitrogen and oxygen atoms in total. The van der Waals surface area contributed by atoms with E-state index >= 15 is 0 Å². The second-order valence-electron chi connectivity index (χ2n) is 5.93. The van der Waals surface area contributed by atoms with Crippen LogP contribution in [0.1, 0.15) is 27.9 Å². The van der Waals surface area contributed by atoms with Gasteiger partial charge in [-0.2, -0.15) is 0 Å². The Labute approximate surface area is 144 Å². The first-order chi connectivity index (χ1) is 11.9. The summed E-state index contributed by atoms with van der Waals surface area (Å²) in [7, 11) is 1.34. The molecule has 25 heavy (non-hydrogen) atoms. The molecule has 2 aromatic carbocycles. The zero-order valence-corrected chi connectivity index (χ0v) is 13.9. The van der Waals surface area contributed by atoms with E-state index in [4.69, 9.17) is 4.74 Å². The first-order valence-electron chi connectivity index (χ1n) is 7.85. The zero-order valence-electron chi connectivity index (χ0n) is 13.9. The summed E-state index contributed by atoms with van der Waals surface area (Å²) in [6.45, 7) is 2.24. The maximum absolute atomic E-state index is 13.6. The van der Waals surface area contributed by atoms with Crippen molar-refractivity contribution in [1.29, 1.82) is 0 Å². The Morgan fingerprint density at radius 2 is 2.08 bits per heavy atom. The molecule has 0 unspecified atom stereocenters. The largest absolute Gasteiger partial charge is 0.490 e. The van der Waals surface area contributed by atoms with Crippen molar-refractivity contribution in [1.82, 2.24) is 0 Å². The Bertz CT molecular complexity index is 866. The van der Waals surface area contributed by atoms with Crippen LogP contribution in [0, 0.1) is 22.9 Å². The van der Waals surface area contributed by atoms with Gasteiger partial charge in [0, 0.05) is 18.2 Å². The van der Waals surface area contributed by atoms with Crippen molar-refractivity contribution >= 4 is 17.3 Å². The van der Waals surface area contributed by atoms with Crippen molar-refractivity contribution in [2.45, 2.75) is 19.8 Å². The fourth-order valence-corrected chi connectivity index (χ4v) is 3.25. The lowest BCUT2D eigenvalue weighted by Crippen LogP contribution is -2.36. The Hall–Kier alpha value is -2.96. The second-order valence-corrected chi connectivity index (χ2v) is 5.93. The Kier molecular flexibility index (Phi) is 4.39. The quantitative estimate of drug-likeness (QED) is 0.629. The minimum atomic E-state index is -0.583. The highest BCUT2D eigenvalue weighted by molar-refractivity contribution is 6.07. The summed E-state index contributed by atoms with van der Waals surface area (Å²) >= 11 is 0. The molecule has 1 aliphatic rings. The third-order valence-corrected chi connectivity index (χ3v) is 4.31. The van der Waals surface area contributed by atoms with Gasteiger partial charge in [0.1, 0.15) is 5.82 Å². The Morgan fingerprint density at radius 1 is 1.32 bits per heavy atom. The number of benzene rings is 2. The van der Waals surface area contributed by atoms with Gasteiger partial charge in [-0.05, 0) is 55.2 Å². The van der Waals surface area contributed by atoms with Crippen molar-refractivity contribution in [3.63, 3.8) is 0 Å². The molecule has 0 aliphatic carbocycles. The summed E-state index contributed by atoms with van der Waals surface area (Å²) in [4.78, 5) is 25.1. The molecular weight excluding hydrogens is 327 g/mol. The van der Waals surface area contributed by atoms with Crippen molar-refractivity contribution in [2.24, 2.45) is 0 Å². The van der Waals surface area contributed by atoms with Crippen LogP contribution in [0.15, 0.2) is 30.3 Å². The molecule has 0 aromatic heterocycles. The van der Waals surface area contributed by atoms with E-state index < -0.39 is 4.92 Å². The first-order valence-corrected chi connectivity index (χ1v) is 7.85. The zero-order chi connectivity index (χ0) is 18.1. The van der Waals surface area contributed by atoms with Gasteiger partial charge >= 0.3 is 5.69 Å². The van der Waals surface area contributed by atoms with Crippen molar-refractivity contribution in [3.8, 4) is 5.75 Å². The number of anilines is 1. The number of hydrogen-bond donors (Lipinski definition) is 0. The number of ether oxygens (including phenoxy) is 1. The lowest BCUT2D eigenvalue weighted by atomic mass is 9.97. The molecule has 1 heterocycles. The van der Waals surface area contributed by atoms with E-state index in [1.165, 1.54) is 37.4 Å². The number of halogens is 1. The molecular formula is C18H17FN2O4. The predicted octanol–water partition coefficient (Wildman–Crippen LogP) is 3.64. The lowest BCUT2D eigenvalue weighted by Gasteiger charge is -2.31. The summed E-state index contributed by atoms with van der Waals surface area (Å²) in [5.74, 6) is -0.578. The summed E-state index contributed by atoms with van der Waals surface area (Å²) in [6.07, 6.45) is 1.40. The molecule has 0 saturated heterocycles. The summed E-state index contributed by atoms with van der Waals surface area (Å²) in [5, 5.41) is 11.2. The number of carbonyl (C=O) groups excluding carboxylic acids is 1. The smallest absolute Gasteiger partial charge is 0.311 e. The highest BCUT2D eigenvalue weighted by atomic mass is 19.1. The van der Waals surface area contributed by atoms with Gasteiger partial charge in [0.25, 0.3) is 5.91 Å². The van der Waals surface area contributed by atoms with E-state index in [0.29, 0.717) is 30.6 Å². The standard InChI is InChI=1S/C18H17FN2O4/c1-11-8-14(19)9-12-4-3-7-20(17(11)12)18(22)13-5-6-16(25-2)15(10-13)21(23)24/h5-6,8-10H,3-4,7H2,1-2H3. The number of nitro groups is 1. The minimum absolute atomic E-state index is 0.0962. The Morgan fingerprint density at radius 3 is 2.76 bits per heavy atom. The molecule has 0 spiro atoms. The number of methoxy groups -OCH3 is 1. The van der Waals surface area contributed by atoms with Gasteiger partial charge in [0.15, 0.2) is 5.75 Å². The lowest BCUT2D eigenvalue weighted by molar-refractivity contribution is -0.385. The minimum Gasteiger partial charge on any atom is -0.490 e. The molecule has 7 heteroatoms. The third-order valence-electron chi connectivity index (χ3n) is 4.31. The van der Waals surface area contributed by atoms with E-state index in [2.05, 4.69) is 0 Å². The number of fused-ring (bicyclic) bond motifs is 1. The van der Waals surface area contributed by atoms with E-state index in [1.807, 2.05) is 0 Å². The molecule has 130 valence electrons. The number of rotatable bonds is 3. The van der Waals surface area contributed by atoms with Crippen LogP contribution < -0.4 is 9.64 Å². The van der Waals surface area contributed by atoms with Crippen LogP contribution in [0.25, 0.3) is 0 Å². The number of nitrogens with zero attached hydrogens (tertiary/aromatic N) is 2. The fourth-order valence-electron chi connectivity index (χ4n) is 3.25. The summed E-state index contributed by atoms with van der Waals surface area (Å²) in [5.41, 5.74) is 2.08. The molecule has 2 aromatic rings. The van der Waals surface area contributed by atoms with Gasteiger partial charge < -0.3 is 9.64 Å². The van der Waals surface area contributed by atoms with Gasteiger partial charge in [0.05, 0.1) is 17.7 Å². The first kappa shape index (κ1) is 16.9. The number of carbonyl (C=O) groups is 1. The van der Waals surface area contributed by atoms with E-state index in [0.717, 1.165) is 5.56 Å². The van der Waals surface area contributed by atoms with Gasteiger partial charge in [-0.25, -0.2) is 4.39 Å². The van der Waals surface area contributed by atoms with Crippen LogP contribution in [0.2, 0.25) is 0 Å². The van der Waals surface area contributed by atoms with Crippen molar-refractivity contribution < 1.29 is 18.8 Å². The fraction of sp³-hybridized carbons (Fsp3) is 0.278. The predicted molar refractivity (Wildman–Crippen MR) is 90.8 cm³/mol. The topological polar surface area (TPSA) is 72.7 Å². The Balaban J connectivity index is 2.04. The molecule has 3 rings (SSSR count). The van der Waals surface area contributed by atoms with E-state index in [-0.39, 0.29) is 28.7 Å². The van der Waals surface area contributed by atoms with Gasteiger partial charge in [-0.3, -0.25) is 14.9 Å². The second kappa shape index (κ2) is 6.51. The maximum Gasteiger partial charge on any atom is 0.311 e. The van der Waals surface area contributed by atoms with Crippen molar-refractivity contribution in [2.75, 3.05) is 18.6 Å². The average Bonchev–Trinajstić information content (AvgIpc) is 2.59. The SMILES string of the molecule is COc1ccc(C(=O)N2CCCc3cc(F)cc(C)c32)cc1[N+](=O)[O-]. The summed E-state index contributed by atoms with van der Waals surface area (Å²) < 4.78 is 18.6. The highest BCUT2D eigenvalue weighted by Gasteiger charge is 2.27. The van der Waals surface area contributed by atoms with E-state index in [1.54, 1.807) is 11.8 Å². The third kappa shape index (κ3) is 3.05. The van der Waals surface area contributed by atoms with Gasteiger partial charge in [-0.15, -0.1) is 0 Å². The molecule has 0 bridgehead atoms. The van der Waals surface area contributed by atoms with E-state index in [9.17, 15) is 19.3 Å². The number of amides is 1. The highest BCUT2D eigenvalue weighted by Crippen LogP contribution is 2.34. The van der Waals surface area contributed by atoms with Crippen LogP contribution in [0.3, 0.4) is 0 Å². The average molecular weight is 344 g/mol. The molecule has 0 N–H and O–H groups in total. The maximum atomic E-state index is 13.6. The normalized spacial score (nSPS) is 13.3. The monoisotopic (exact) mass is 344 g/mol. The van der Waals surface area contributed by atoms with Crippen LogP contribution >= 0.6 is 0 Å². The number of aryl methyl sites for hydroxylation is 2. The number of hydrogen-bond acceptors (Lipinski definition) is 4. The molecule has 0 fully saturated rings. The van der Waals surface area contributed by atoms with Crippen molar-refractivity contribution in [3.05, 3.63) is 63.0 Å². The molecule has 1 aliphatic heterocycles. The number of nitro benzene ring substituents is 1. The summed E-state index contributed by atoms with van der Waals surface area (Å²) in [6, 6.07) is 6.96. The van der Waals surface area contributed by atoms with Crippen LogP contribution in [-0.2, 0) is 6.42 Å². The van der Waals surface area contributed by atoms with Crippen LogP contribution in [0.5, 0.6) is 5.75 Å². The van der Waals surface area contributed by atoms with Crippen LogP contribution in [0.4, 0.5) is 15.8 Å². The van der Waals surface area contributed by atoms with Crippen LogP contribution in [-0.4, -0.2) is 24.5 Å². The molecule has 0 radical (unpaired) electrons.